The van der Waals surface area contributed by atoms with Crippen molar-refractivity contribution in [1.82, 2.24) is 0 Å². The molecule has 0 aliphatic carbocycles. The maximum absolute atomic E-state index is 10.7. The quantitative estimate of drug-likeness (QED) is 0.489. The number of primary amides is 1. The lowest BCUT2D eigenvalue weighted by Crippen LogP contribution is -2.38. The van der Waals surface area contributed by atoms with Crippen LogP contribution in [0.25, 0.3) is 0 Å². The highest BCUT2D eigenvalue weighted by molar-refractivity contribution is 7.99. The normalized spacial score (nSPS) is 12.4. The van der Waals surface area contributed by atoms with Crippen molar-refractivity contribution in [3.8, 4) is 0 Å². The second-order valence-corrected chi connectivity index (χ2v) is 3.92. The van der Waals surface area contributed by atoms with Crippen LogP contribution in [0.5, 0.6) is 0 Å². The summed E-state index contributed by atoms with van der Waals surface area (Å²) in [6.45, 7) is 0. The molecule has 76 valence electrons. The third kappa shape index (κ3) is 2.93. The molecule has 1 rings (SSSR count). The van der Waals surface area contributed by atoms with Gasteiger partial charge in [0.15, 0.2) is 0 Å². The van der Waals surface area contributed by atoms with E-state index < -0.39 is 11.9 Å². The van der Waals surface area contributed by atoms with Crippen molar-refractivity contribution in [3.05, 3.63) is 24.3 Å². The van der Waals surface area contributed by atoms with Crippen molar-refractivity contribution >= 4 is 23.4 Å². The Hall–Kier alpha value is -1.20. The van der Waals surface area contributed by atoms with Gasteiger partial charge in [-0.25, -0.2) is 0 Å². The van der Waals surface area contributed by atoms with Crippen LogP contribution >= 0.6 is 11.8 Å². The molecule has 0 aromatic heterocycles. The average Bonchev–Trinajstić information content (AvgIpc) is 2.16. The molecule has 1 atom stereocenters. The maximum Gasteiger partial charge on any atom is 0.235 e. The molecule has 1 unspecified atom stereocenters. The van der Waals surface area contributed by atoms with Gasteiger partial charge in [0, 0.05) is 16.3 Å². The van der Waals surface area contributed by atoms with Crippen LogP contribution in [0.2, 0.25) is 0 Å². The smallest absolute Gasteiger partial charge is 0.235 e. The number of rotatable bonds is 4. The summed E-state index contributed by atoms with van der Waals surface area (Å²) in [5.41, 5.74) is 16.9. The van der Waals surface area contributed by atoms with Crippen molar-refractivity contribution in [2.75, 3.05) is 11.5 Å². The molecule has 0 radical (unpaired) electrons. The molecule has 6 N–H and O–H groups in total. The number of carbonyl (C=O) groups excluding carboxylic acids is 1. The zero-order chi connectivity index (χ0) is 10.6. The van der Waals surface area contributed by atoms with Crippen molar-refractivity contribution in [2.24, 2.45) is 11.5 Å². The van der Waals surface area contributed by atoms with E-state index in [9.17, 15) is 4.79 Å². The molecule has 0 fully saturated rings. The molecule has 0 saturated heterocycles. The molecule has 0 saturated carbocycles. The number of para-hydroxylation sites is 1. The van der Waals surface area contributed by atoms with Crippen LogP contribution in [-0.2, 0) is 4.79 Å². The minimum absolute atomic E-state index is 0.448. The second-order valence-electron chi connectivity index (χ2n) is 2.86. The van der Waals surface area contributed by atoms with Crippen molar-refractivity contribution in [1.29, 1.82) is 0 Å². The summed E-state index contributed by atoms with van der Waals surface area (Å²) < 4.78 is 0. The molecule has 0 heterocycles. The summed E-state index contributed by atoms with van der Waals surface area (Å²) in [6.07, 6.45) is 0. The average molecular weight is 211 g/mol. The molecule has 0 aliphatic heterocycles. The predicted molar refractivity (Wildman–Crippen MR) is 58.7 cm³/mol. The lowest BCUT2D eigenvalue weighted by atomic mass is 10.3. The first-order valence-corrected chi connectivity index (χ1v) is 5.12. The Morgan fingerprint density at radius 1 is 1.43 bits per heavy atom. The lowest BCUT2D eigenvalue weighted by molar-refractivity contribution is -0.118. The predicted octanol–water partition coefficient (Wildman–Crippen LogP) is 0.173. The number of amides is 1. The van der Waals surface area contributed by atoms with Gasteiger partial charge >= 0.3 is 0 Å². The van der Waals surface area contributed by atoms with E-state index in [1.807, 2.05) is 18.2 Å². The number of nitrogens with two attached hydrogens (primary N) is 3. The van der Waals surface area contributed by atoms with Crippen LogP contribution in [0.1, 0.15) is 0 Å². The maximum atomic E-state index is 10.7. The number of carbonyl (C=O) groups is 1. The number of hydrogen-bond acceptors (Lipinski definition) is 4. The van der Waals surface area contributed by atoms with Crippen LogP contribution < -0.4 is 17.2 Å². The van der Waals surface area contributed by atoms with E-state index >= 15 is 0 Å². The van der Waals surface area contributed by atoms with Gasteiger partial charge in [-0.2, -0.15) is 0 Å². The van der Waals surface area contributed by atoms with Gasteiger partial charge in [0.1, 0.15) is 0 Å². The van der Waals surface area contributed by atoms with Gasteiger partial charge < -0.3 is 17.2 Å². The zero-order valence-corrected chi connectivity index (χ0v) is 8.46. The van der Waals surface area contributed by atoms with Gasteiger partial charge in [-0.1, -0.05) is 12.1 Å². The Morgan fingerprint density at radius 3 is 2.64 bits per heavy atom. The van der Waals surface area contributed by atoms with E-state index in [2.05, 4.69) is 0 Å². The van der Waals surface area contributed by atoms with Crippen LogP contribution in [-0.4, -0.2) is 17.7 Å². The molecule has 0 aliphatic rings. The first-order chi connectivity index (χ1) is 6.61. The van der Waals surface area contributed by atoms with E-state index in [1.54, 1.807) is 6.07 Å². The Balaban J connectivity index is 2.54. The molecule has 14 heavy (non-hydrogen) atoms. The van der Waals surface area contributed by atoms with Crippen LogP contribution in [0.15, 0.2) is 29.2 Å². The second kappa shape index (κ2) is 4.88. The van der Waals surface area contributed by atoms with Crippen molar-refractivity contribution < 1.29 is 4.79 Å². The van der Waals surface area contributed by atoms with E-state index in [0.717, 1.165) is 4.90 Å². The molecular weight excluding hydrogens is 198 g/mol. The summed E-state index contributed by atoms with van der Waals surface area (Å²) in [7, 11) is 0. The fourth-order valence-electron chi connectivity index (χ4n) is 0.874. The molecule has 1 aromatic rings. The van der Waals surface area contributed by atoms with Crippen LogP contribution in [0.3, 0.4) is 0 Å². The molecule has 1 aromatic carbocycles. The molecule has 0 bridgehead atoms. The number of anilines is 1. The first-order valence-electron chi connectivity index (χ1n) is 4.13. The van der Waals surface area contributed by atoms with Crippen LogP contribution in [0.4, 0.5) is 5.69 Å². The van der Waals surface area contributed by atoms with Gasteiger partial charge in [0.25, 0.3) is 0 Å². The molecule has 1 amide bonds. The van der Waals surface area contributed by atoms with E-state index in [-0.39, 0.29) is 0 Å². The molecule has 5 heteroatoms. The lowest BCUT2D eigenvalue weighted by Gasteiger charge is -2.08. The summed E-state index contributed by atoms with van der Waals surface area (Å²) in [6, 6.07) is 6.80. The fourth-order valence-corrected chi connectivity index (χ4v) is 1.81. The van der Waals surface area contributed by atoms with Gasteiger partial charge in [-0.15, -0.1) is 11.8 Å². The number of hydrogen-bond donors (Lipinski definition) is 3. The molecular formula is C9H13N3OS. The summed E-state index contributed by atoms with van der Waals surface area (Å²) in [5, 5.41) is 0. The summed E-state index contributed by atoms with van der Waals surface area (Å²) >= 11 is 1.43. The third-order valence-corrected chi connectivity index (χ3v) is 2.91. The van der Waals surface area contributed by atoms with Crippen molar-refractivity contribution in [2.45, 2.75) is 10.9 Å². The highest BCUT2D eigenvalue weighted by atomic mass is 32.2. The number of thioether (sulfide) groups is 1. The molecule has 4 nitrogen and oxygen atoms in total. The minimum atomic E-state index is -0.625. The van der Waals surface area contributed by atoms with Gasteiger partial charge in [-0.05, 0) is 12.1 Å². The SMILES string of the molecule is NC(=O)C(N)CSc1ccccc1N. The number of nitrogen functional groups attached to an aromatic ring is 1. The standard InChI is InChI=1S/C9H13N3OS/c10-6-3-1-2-4-8(6)14-5-7(11)9(12)13/h1-4,7H,5,10-11H2,(H2,12,13). The molecule has 0 spiro atoms. The van der Waals surface area contributed by atoms with Gasteiger partial charge in [0.2, 0.25) is 5.91 Å². The third-order valence-electron chi connectivity index (χ3n) is 1.70. The Labute approximate surface area is 86.8 Å². The van der Waals surface area contributed by atoms with E-state index in [4.69, 9.17) is 17.2 Å². The highest BCUT2D eigenvalue weighted by Gasteiger charge is 2.09. The number of benzene rings is 1. The van der Waals surface area contributed by atoms with E-state index in [0.29, 0.717) is 11.4 Å². The Morgan fingerprint density at radius 2 is 2.07 bits per heavy atom. The zero-order valence-electron chi connectivity index (χ0n) is 7.64. The van der Waals surface area contributed by atoms with Crippen LogP contribution in [0, 0.1) is 0 Å². The van der Waals surface area contributed by atoms with Gasteiger partial charge in [-0.3, -0.25) is 4.79 Å². The Kier molecular flexibility index (Phi) is 3.79. The monoisotopic (exact) mass is 211 g/mol. The van der Waals surface area contributed by atoms with E-state index in [1.165, 1.54) is 11.8 Å². The minimum Gasteiger partial charge on any atom is -0.398 e. The first kappa shape index (κ1) is 10.9. The topological polar surface area (TPSA) is 95.1 Å². The van der Waals surface area contributed by atoms with Crippen molar-refractivity contribution in [3.63, 3.8) is 0 Å². The summed E-state index contributed by atoms with van der Waals surface area (Å²) in [5.74, 6) is -0.0456. The summed E-state index contributed by atoms with van der Waals surface area (Å²) in [4.78, 5) is 11.6. The largest absolute Gasteiger partial charge is 0.398 e. The van der Waals surface area contributed by atoms with Gasteiger partial charge in [0.05, 0.1) is 6.04 Å². The fraction of sp³-hybridized carbons (Fsp3) is 0.222. The highest BCUT2D eigenvalue weighted by Crippen LogP contribution is 2.24. The Bertz CT molecular complexity index is 330.